The van der Waals surface area contributed by atoms with E-state index in [9.17, 15) is 4.79 Å². The van der Waals surface area contributed by atoms with Gasteiger partial charge in [0.1, 0.15) is 5.75 Å². The Morgan fingerprint density at radius 1 is 1.25 bits per heavy atom. The first-order valence-corrected chi connectivity index (χ1v) is 11.3. The van der Waals surface area contributed by atoms with E-state index in [1.165, 1.54) is 16.2 Å². The van der Waals surface area contributed by atoms with Crippen LogP contribution >= 0.6 is 23.1 Å². The second-order valence-corrected chi connectivity index (χ2v) is 8.53. The molecule has 1 N–H and O–H groups in total. The highest BCUT2D eigenvalue weighted by Gasteiger charge is 2.24. The molecule has 0 bridgehead atoms. The van der Waals surface area contributed by atoms with E-state index in [0.717, 1.165) is 38.1 Å². The summed E-state index contributed by atoms with van der Waals surface area (Å²) >= 11 is 3.12. The number of benzene rings is 2. The molecule has 1 aromatic heterocycles. The molecule has 148 valence electrons. The SMILES string of the molecule is CCOc1ccc2nc(N(CC[NH+](C)C)C(=O)c3ccccc3SC)sc2c1. The van der Waals surface area contributed by atoms with E-state index in [2.05, 4.69) is 14.1 Å². The van der Waals surface area contributed by atoms with Gasteiger partial charge in [-0.25, -0.2) is 4.98 Å². The van der Waals surface area contributed by atoms with Gasteiger partial charge >= 0.3 is 0 Å². The fourth-order valence-corrected chi connectivity index (χ4v) is 4.46. The van der Waals surface area contributed by atoms with Gasteiger partial charge in [-0.1, -0.05) is 23.5 Å². The molecule has 0 saturated carbocycles. The predicted octanol–water partition coefficient (Wildman–Crippen LogP) is 3.21. The maximum Gasteiger partial charge on any atom is 0.261 e. The van der Waals surface area contributed by atoms with Crippen LogP contribution in [0.25, 0.3) is 10.2 Å². The van der Waals surface area contributed by atoms with Crippen molar-refractivity contribution < 1.29 is 14.4 Å². The number of thiazole rings is 1. The number of nitrogens with zero attached hydrogens (tertiary/aromatic N) is 2. The van der Waals surface area contributed by atoms with E-state index in [1.807, 2.05) is 60.5 Å². The highest BCUT2D eigenvalue weighted by molar-refractivity contribution is 7.98. The van der Waals surface area contributed by atoms with Crippen LogP contribution in [0.15, 0.2) is 47.4 Å². The van der Waals surface area contributed by atoms with E-state index in [1.54, 1.807) is 11.8 Å². The Hall–Kier alpha value is -2.09. The molecule has 28 heavy (non-hydrogen) atoms. The molecule has 3 aromatic rings. The molecule has 1 amide bonds. The summed E-state index contributed by atoms with van der Waals surface area (Å²) in [4.78, 5) is 22.3. The number of anilines is 1. The van der Waals surface area contributed by atoms with Crippen LogP contribution in [0.2, 0.25) is 0 Å². The van der Waals surface area contributed by atoms with Gasteiger partial charge in [0.05, 0.1) is 49.6 Å². The molecule has 0 saturated heterocycles. The Morgan fingerprint density at radius 2 is 2.04 bits per heavy atom. The van der Waals surface area contributed by atoms with Gasteiger partial charge in [-0.15, -0.1) is 11.8 Å². The first kappa shape index (κ1) is 20.6. The van der Waals surface area contributed by atoms with Crippen molar-refractivity contribution in [2.45, 2.75) is 11.8 Å². The summed E-state index contributed by atoms with van der Waals surface area (Å²) in [6.45, 7) is 4.05. The smallest absolute Gasteiger partial charge is 0.261 e. The minimum atomic E-state index is -0.00436. The predicted molar refractivity (Wildman–Crippen MR) is 118 cm³/mol. The van der Waals surface area contributed by atoms with Gasteiger partial charge in [-0.05, 0) is 43.5 Å². The lowest BCUT2D eigenvalue weighted by Crippen LogP contribution is -3.06. The number of rotatable bonds is 8. The fraction of sp³-hybridized carbons (Fsp3) is 0.333. The molecule has 0 aliphatic rings. The number of thioether (sulfide) groups is 1. The number of hydrogen-bond acceptors (Lipinski definition) is 5. The van der Waals surface area contributed by atoms with E-state index in [-0.39, 0.29) is 5.91 Å². The first-order chi connectivity index (χ1) is 13.5. The topological polar surface area (TPSA) is 46.9 Å². The van der Waals surface area contributed by atoms with Crippen molar-refractivity contribution in [2.24, 2.45) is 0 Å². The van der Waals surface area contributed by atoms with Crippen LogP contribution in [0.1, 0.15) is 17.3 Å². The van der Waals surface area contributed by atoms with Crippen LogP contribution in [0.4, 0.5) is 5.13 Å². The van der Waals surface area contributed by atoms with Crippen molar-refractivity contribution in [3.63, 3.8) is 0 Å². The maximum absolute atomic E-state index is 13.4. The standard InChI is InChI=1S/C21H25N3O2S2/c1-5-26-15-10-11-17-19(14-15)28-21(22-17)24(13-12-23(2)3)20(25)16-8-6-7-9-18(16)27-4/h6-11,14H,5,12-13H2,1-4H3/p+1. The average Bonchev–Trinajstić information content (AvgIpc) is 3.11. The third kappa shape index (κ3) is 4.66. The van der Waals surface area contributed by atoms with Gasteiger partial charge in [0.15, 0.2) is 5.13 Å². The number of ether oxygens (including phenoxy) is 1. The van der Waals surface area contributed by atoms with E-state index in [0.29, 0.717) is 13.2 Å². The highest BCUT2D eigenvalue weighted by Crippen LogP contribution is 2.33. The molecule has 0 radical (unpaired) electrons. The summed E-state index contributed by atoms with van der Waals surface area (Å²) in [7, 11) is 4.18. The molecule has 0 spiro atoms. The van der Waals surface area contributed by atoms with Gasteiger partial charge in [0.2, 0.25) is 0 Å². The van der Waals surface area contributed by atoms with Crippen LogP contribution in [-0.4, -0.2) is 50.9 Å². The largest absolute Gasteiger partial charge is 0.494 e. The highest BCUT2D eigenvalue weighted by atomic mass is 32.2. The summed E-state index contributed by atoms with van der Waals surface area (Å²) in [5, 5.41) is 0.728. The van der Waals surface area contributed by atoms with Crippen molar-refractivity contribution >= 4 is 44.4 Å². The van der Waals surface area contributed by atoms with Gasteiger partial charge in [-0.2, -0.15) is 0 Å². The Balaban J connectivity index is 1.99. The molecule has 0 atom stereocenters. The van der Waals surface area contributed by atoms with Crippen molar-refractivity contribution in [2.75, 3.05) is 44.9 Å². The van der Waals surface area contributed by atoms with Crippen molar-refractivity contribution in [1.82, 2.24) is 4.98 Å². The van der Waals surface area contributed by atoms with Crippen LogP contribution in [-0.2, 0) is 0 Å². The lowest BCUT2D eigenvalue weighted by atomic mass is 10.2. The zero-order valence-electron chi connectivity index (χ0n) is 16.7. The van der Waals surface area contributed by atoms with Crippen LogP contribution in [0.5, 0.6) is 5.75 Å². The Kier molecular flexibility index (Phi) is 6.93. The number of quaternary nitrogens is 1. The monoisotopic (exact) mass is 416 g/mol. The lowest BCUT2D eigenvalue weighted by Gasteiger charge is -2.21. The van der Waals surface area contributed by atoms with Crippen molar-refractivity contribution in [1.29, 1.82) is 0 Å². The first-order valence-electron chi connectivity index (χ1n) is 9.30. The number of aromatic nitrogens is 1. The van der Waals surface area contributed by atoms with Gasteiger partial charge < -0.3 is 9.64 Å². The van der Waals surface area contributed by atoms with Gasteiger partial charge in [0, 0.05) is 4.90 Å². The summed E-state index contributed by atoms with van der Waals surface area (Å²) in [5.41, 5.74) is 1.61. The summed E-state index contributed by atoms with van der Waals surface area (Å²) in [6.07, 6.45) is 1.99. The Bertz CT molecular complexity index is 956. The molecule has 3 rings (SSSR count). The summed E-state index contributed by atoms with van der Waals surface area (Å²) < 4.78 is 6.62. The molecule has 1 heterocycles. The fourth-order valence-electron chi connectivity index (χ4n) is 2.85. The molecule has 0 fully saturated rings. The molecule has 0 unspecified atom stereocenters. The quantitative estimate of drug-likeness (QED) is 0.573. The number of likely N-dealkylation sites (N-methyl/N-ethyl adjacent to an activating group) is 1. The van der Waals surface area contributed by atoms with Crippen LogP contribution in [0.3, 0.4) is 0 Å². The number of carbonyl (C=O) groups excluding carboxylic acids is 1. The second kappa shape index (κ2) is 9.41. The third-order valence-corrected chi connectivity index (χ3v) is 6.15. The normalized spacial score (nSPS) is 11.2. The number of fused-ring (bicyclic) bond motifs is 1. The molecule has 2 aromatic carbocycles. The third-order valence-electron chi connectivity index (χ3n) is 4.31. The number of carbonyl (C=O) groups is 1. The minimum Gasteiger partial charge on any atom is -0.494 e. The van der Waals surface area contributed by atoms with Gasteiger partial charge in [-0.3, -0.25) is 9.69 Å². The molecule has 7 heteroatoms. The molecule has 0 aliphatic carbocycles. The van der Waals surface area contributed by atoms with Crippen LogP contribution in [0, 0.1) is 0 Å². The molecular formula is C21H26N3O2S2+. The minimum absolute atomic E-state index is 0.00436. The number of hydrogen-bond donors (Lipinski definition) is 1. The molecule has 0 aliphatic heterocycles. The average molecular weight is 417 g/mol. The Morgan fingerprint density at radius 3 is 2.75 bits per heavy atom. The maximum atomic E-state index is 13.4. The molecular weight excluding hydrogens is 390 g/mol. The van der Waals surface area contributed by atoms with E-state index in [4.69, 9.17) is 9.72 Å². The van der Waals surface area contributed by atoms with Crippen LogP contribution < -0.4 is 14.5 Å². The Labute approximate surface area is 174 Å². The van der Waals surface area contributed by atoms with Crippen molar-refractivity contribution in [3.8, 4) is 5.75 Å². The summed E-state index contributed by atoms with van der Waals surface area (Å²) in [5.74, 6) is 0.823. The van der Waals surface area contributed by atoms with Crippen molar-refractivity contribution in [3.05, 3.63) is 48.0 Å². The van der Waals surface area contributed by atoms with E-state index >= 15 is 0 Å². The summed E-state index contributed by atoms with van der Waals surface area (Å²) in [6, 6.07) is 13.6. The number of nitrogens with one attached hydrogen (secondary N) is 1. The van der Waals surface area contributed by atoms with Gasteiger partial charge in [0.25, 0.3) is 5.91 Å². The van der Waals surface area contributed by atoms with E-state index < -0.39 is 0 Å². The second-order valence-electron chi connectivity index (χ2n) is 6.67. The molecule has 5 nitrogen and oxygen atoms in total. The number of amides is 1. The lowest BCUT2D eigenvalue weighted by molar-refractivity contribution is -0.856. The zero-order chi connectivity index (χ0) is 20.1. The zero-order valence-corrected chi connectivity index (χ0v) is 18.3.